The Morgan fingerprint density at radius 2 is 2.21 bits per heavy atom. The van der Waals surface area contributed by atoms with Gasteiger partial charge >= 0.3 is 0 Å². The Kier molecular flexibility index (Phi) is 4.74. The quantitative estimate of drug-likeness (QED) is 0.833. The van der Waals surface area contributed by atoms with Crippen LogP contribution in [0.3, 0.4) is 0 Å². The van der Waals surface area contributed by atoms with Crippen LogP contribution in [0.25, 0.3) is 0 Å². The number of ether oxygens (including phenoxy) is 2. The van der Waals surface area contributed by atoms with Crippen LogP contribution in [0, 0.1) is 0 Å². The topological polar surface area (TPSA) is 83.4 Å². The second-order valence-electron chi connectivity index (χ2n) is 4.97. The largest absolute Gasteiger partial charge is 0.383 e. The fraction of sp³-hybridized carbons (Fsp3) is 0.643. The molecule has 1 unspecified atom stereocenters. The minimum atomic E-state index is -0.296. The normalized spacial score (nSPS) is 20.1. The minimum absolute atomic E-state index is 0.0946. The van der Waals surface area contributed by atoms with Gasteiger partial charge in [0.1, 0.15) is 5.82 Å². The van der Waals surface area contributed by atoms with Crippen molar-refractivity contribution >= 4 is 5.82 Å². The van der Waals surface area contributed by atoms with Crippen molar-refractivity contribution in [3.63, 3.8) is 0 Å². The van der Waals surface area contributed by atoms with Crippen LogP contribution < -0.4 is 11.5 Å². The summed E-state index contributed by atoms with van der Waals surface area (Å²) in [5.41, 5.74) is 13.0. The molecule has 0 amide bonds. The van der Waals surface area contributed by atoms with Gasteiger partial charge in [0.2, 0.25) is 0 Å². The van der Waals surface area contributed by atoms with Crippen LogP contribution in [0.1, 0.15) is 25.3 Å². The maximum Gasteiger partial charge on any atom is 0.126 e. The van der Waals surface area contributed by atoms with Gasteiger partial charge in [-0.25, -0.2) is 4.98 Å². The maximum atomic E-state index is 6.41. The summed E-state index contributed by atoms with van der Waals surface area (Å²) in [5.74, 6) is 0.552. The number of pyridine rings is 1. The molecule has 2 heterocycles. The molecule has 1 aliphatic rings. The Balaban J connectivity index is 2.11. The molecule has 2 rings (SSSR count). The van der Waals surface area contributed by atoms with Gasteiger partial charge in [0.15, 0.2) is 0 Å². The molecule has 1 aliphatic heterocycles. The molecule has 0 aromatic carbocycles. The number of nitrogen functional groups attached to an aromatic ring is 1. The molecular formula is C14H23N3O2. The molecule has 0 spiro atoms. The van der Waals surface area contributed by atoms with Gasteiger partial charge in [0.05, 0.1) is 5.60 Å². The van der Waals surface area contributed by atoms with Crippen LogP contribution in [0.5, 0.6) is 0 Å². The maximum absolute atomic E-state index is 6.41. The molecular weight excluding hydrogens is 242 g/mol. The highest BCUT2D eigenvalue weighted by Gasteiger charge is 2.39. The van der Waals surface area contributed by atoms with Gasteiger partial charge in [-0.1, -0.05) is 6.07 Å². The van der Waals surface area contributed by atoms with Crippen molar-refractivity contribution in [2.75, 3.05) is 25.6 Å². The molecule has 1 aromatic heterocycles. The third-order valence-electron chi connectivity index (χ3n) is 3.81. The Labute approximate surface area is 114 Å². The summed E-state index contributed by atoms with van der Waals surface area (Å²) in [6, 6.07) is 3.76. The van der Waals surface area contributed by atoms with Crippen LogP contribution in [-0.4, -0.2) is 36.4 Å². The predicted octanol–water partition coefficient (Wildman–Crippen LogP) is 1.12. The SMILES string of the molecule is CCOC1(C(N)Cc2cccnc2N)CCOCC1. The number of rotatable bonds is 5. The zero-order chi connectivity index (χ0) is 13.7. The van der Waals surface area contributed by atoms with Crippen LogP contribution >= 0.6 is 0 Å². The zero-order valence-corrected chi connectivity index (χ0v) is 11.5. The van der Waals surface area contributed by atoms with E-state index in [9.17, 15) is 0 Å². The highest BCUT2D eigenvalue weighted by molar-refractivity contribution is 5.39. The zero-order valence-electron chi connectivity index (χ0n) is 11.5. The fourth-order valence-electron chi connectivity index (χ4n) is 2.67. The molecule has 1 aromatic rings. The predicted molar refractivity (Wildman–Crippen MR) is 74.7 cm³/mol. The summed E-state index contributed by atoms with van der Waals surface area (Å²) in [6.45, 7) is 4.07. The van der Waals surface area contributed by atoms with E-state index in [1.165, 1.54) is 0 Å². The Morgan fingerprint density at radius 3 is 2.84 bits per heavy atom. The van der Waals surface area contributed by atoms with E-state index in [1.54, 1.807) is 6.20 Å². The van der Waals surface area contributed by atoms with E-state index >= 15 is 0 Å². The summed E-state index contributed by atoms with van der Waals surface area (Å²) in [7, 11) is 0. The number of nitrogens with zero attached hydrogens (tertiary/aromatic N) is 1. The Hall–Kier alpha value is -1.17. The van der Waals surface area contributed by atoms with Crippen molar-refractivity contribution in [3.05, 3.63) is 23.9 Å². The van der Waals surface area contributed by atoms with Crippen LogP contribution in [0.2, 0.25) is 0 Å². The molecule has 19 heavy (non-hydrogen) atoms. The number of aromatic nitrogens is 1. The molecule has 4 N–H and O–H groups in total. The Bertz CT molecular complexity index is 400. The van der Waals surface area contributed by atoms with Crippen molar-refractivity contribution in [1.82, 2.24) is 4.98 Å². The van der Waals surface area contributed by atoms with E-state index < -0.39 is 0 Å². The minimum Gasteiger partial charge on any atom is -0.383 e. The first-order valence-corrected chi connectivity index (χ1v) is 6.84. The fourth-order valence-corrected chi connectivity index (χ4v) is 2.67. The van der Waals surface area contributed by atoms with E-state index in [0.29, 0.717) is 32.1 Å². The summed E-state index contributed by atoms with van der Waals surface area (Å²) in [4.78, 5) is 4.10. The number of hydrogen-bond acceptors (Lipinski definition) is 5. The Morgan fingerprint density at radius 1 is 1.47 bits per heavy atom. The molecule has 5 nitrogen and oxygen atoms in total. The van der Waals surface area contributed by atoms with Gasteiger partial charge < -0.3 is 20.9 Å². The number of nitrogens with two attached hydrogens (primary N) is 2. The first-order valence-electron chi connectivity index (χ1n) is 6.84. The molecule has 0 bridgehead atoms. The highest BCUT2D eigenvalue weighted by Crippen LogP contribution is 2.30. The van der Waals surface area contributed by atoms with E-state index in [0.717, 1.165) is 18.4 Å². The van der Waals surface area contributed by atoms with Crippen molar-refractivity contribution in [2.45, 2.75) is 37.8 Å². The molecule has 0 aliphatic carbocycles. The van der Waals surface area contributed by atoms with Crippen LogP contribution in [0.15, 0.2) is 18.3 Å². The van der Waals surface area contributed by atoms with Crippen LogP contribution in [-0.2, 0) is 15.9 Å². The van der Waals surface area contributed by atoms with Crippen molar-refractivity contribution in [1.29, 1.82) is 0 Å². The highest BCUT2D eigenvalue weighted by atomic mass is 16.5. The second kappa shape index (κ2) is 6.32. The van der Waals surface area contributed by atoms with Crippen molar-refractivity contribution in [3.8, 4) is 0 Å². The summed E-state index contributed by atoms with van der Waals surface area (Å²) >= 11 is 0. The number of anilines is 1. The smallest absolute Gasteiger partial charge is 0.126 e. The van der Waals surface area contributed by atoms with E-state index in [2.05, 4.69) is 4.98 Å². The standard InChI is InChI=1S/C14H23N3O2/c1-2-19-14(5-8-18-9-6-14)12(15)10-11-4-3-7-17-13(11)16/h3-4,7,12H,2,5-6,8-10,15H2,1H3,(H2,16,17). The van der Waals surface area contributed by atoms with Gasteiger partial charge in [-0.15, -0.1) is 0 Å². The molecule has 0 saturated carbocycles. The summed E-state index contributed by atoms with van der Waals surface area (Å²) < 4.78 is 11.4. The van der Waals surface area contributed by atoms with E-state index in [-0.39, 0.29) is 11.6 Å². The second-order valence-corrected chi connectivity index (χ2v) is 4.97. The van der Waals surface area contributed by atoms with Gasteiger partial charge in [0.25, 0.3) is 0 Å². The van der Waals surface area contributed by atoms with E-state index in [4.69, 9.17) is 20.9 Å². The molecule has 1 atom stereocenters. The lowest BCUT2D eigenvalue weighted by molar-refractivity contribution is -0.120. The monoisotopic (exact) mass is 265 g/mol. The van der Waals surface area contributed by atoms with Gasteiger partial charge in [-0.3, -0.25) is 0 Å². The molecule has 5 heteroatoms. The lowest BCUT2D eigenvalue weighted by Gasteiger charge is -2.41. The lowest BCUT2D eigenvalue weighted by atomic mass is 9.83. The van der Waals surface area contributed by atoms with Crippen molar-refractivity contribution in [2.24, 2.45) is 5.73 Å². The third-order valence-corrected chi connectivity index (χ3v) is 3.81. The van der Waals surface area contributed by atoms with Gasteiger partial charge in [0, 0.05) is 44.9 Å². The molecule has 1 saturated heterocycles. The average molecular weight is 265 g/mol. The first-order chi connectivity index (χ1) is 9.18. The van der Waals surface area contributed by atoms with Gasteiger partial charge in [-0.2, -0.15) is 0 Å². The van der Waals surface area contributed by atoms with E-state index in [1.807, 2.05) is 19.1 Å². The molecule has 0 radical (unpaired) electrons. The first kappa shape index (κ1) is 14.2. The van der Waals surface area contributed by atoms with Crippen LogP contribution in [0.4, 0.5) is 5.82 Å². The molecule has 1 fully saturated rings. The summed E-state index contributed by atoms with van der Waals surface area (Å²) in [6.07, 6.45) is 4.04. The molecule has 106 valence electrons. The summed E-state index contributed by atoms with van der Waals surface area (Å²) in [5, 5.41) is 0. The van der Waals surface area contributed by atoms with Gasteiger partial charge in [-0.05, 0) is 25.0 Å². The van der Waals surface area contributed by atoms with Crippen molar-refractivity contribution < 1.29 is 9.47 Å². The number of hydrogen-bond donors (Lipinski definition) is 2. The average Bonchev–Trinajstić information content (AvgIpc) is 2.42. The third kappa shape index (κ3) is 3.23. The lowest BCUT2D eigenvalue weighted by Crippen LogP contribution is -2.54.